The number of fused-ring (bicyclic) bond motifs is 4. The van der Waals surface area contributed by atoms with Gasteiger partial charge in [0.2, 0.25) is 11.8 Å². The van der Waals surface area contributed by atoms with E-state index in [0.29, 0.717) is 67.8 Å². The molecule has 2 bridgehead atoms. The summed E-state index contributed by atoms with van der Waals surface area (Å²) in [6.45, 7) is 1.81. The highest BCUT2D eigenvalue weighted by molar-refractivity contribution is 6.08. The first kappa shape index (κ1) is 43.7. The van der Waals surface area contributed by atoms with Crippen molar-refractivity contribution in [2.24, 2.45) is 13.0 Å². The zero-order valence-corrected chi connectivity index (χ0v) is 35.9. The first-order valence-electron chi connectivity index (χ1n) is 22.2. The number of morpholine rings is 1. The van der Waals surface area contributed by atoms with Gasteiger partial charge in [-0.05, 0) is 62.6 Å². The van der Waals surface area contributed by atoms with Gasteiger partial charge in [-0.3, -0.25) is 43.3 Å². The largest absolute Gasteiger partial charge is 0.405 e. The van der Waals surface area contributed by atoms with Crippen LogP contribution < -0.4 is 21.2 Å². The van der Waals surface area contributed by atoms with Crippen molar-refractivity contribution >= 4 is 45.9 Å². The molecular formula is C44H47F5N12O5. The number of nitrogens with zero attached hydrogens (tertiary/aromatic N) is 10. The van der Waals surface area contributed by atoms with E-state index in [2.05, 4.69) is 37.6 Å². The number of amides is 3. The number of aryl methyl sites for hydroxylation is 1. The number of carbonyl (C=O) groups excluding carboxylic acids is 3. The van der Waals surface area contributed by atoms with E-state index in [1.54, 1.807) is 36.3 Å². The molecule has 5 aromatic rings. The number of imide groups is 1. The summed E-state index contributed by atoms with van der Waals surface area (Å²) >= 11 is 0. The normalized spacial score (nSPS) is 25.2. The summed E-state index contributed by atoms with van der Waals surface area (Å²) in [5.41, 5.74) is 0.658. The van der Waals surface area contributed by atoms with Gasteiger partial charge in [0, 0.05) is 58.6 Å². The van der Waals surface area contributed by atoms with Crippen molar-refractivity contribution in [2.45, 2.75) is 87.8 Å². The van der Waals surface area contributed by atoms with Gasteiger partial charge in [-0.15, -0.1) is 0 Å². The van der Waals surface area contributed by atoms with Crippen molar-refractivity contribution in [2.75, 3.05) is 56.1 Å². The molecule has 1 aliphatic carbocycles. The fraction of sp³-hybridized carbons (Fsp3) is 0.523. The first-order chi connectivity index (χ1) is 31.7. The maximum atomic E-state index is 14.6. The Morgan fingerprint density at radius 2 is 1.86 bits per heavy atom. The van der Waals surface area contributed by atoms with Crippen LogP contribution in [0.5, 0.6) is 0 Å². The third kappa shape index (κ3) is 8.21. The van der Waals surface area contributed by atoms with Crippen LogP contribution in [-0.4, -0.2) is 131 Å². The quantitative estimate of drug-likeness (QED) is 0.124. The maximum absolute atomic E-state index is 14.6. The number of aromatic nitrogens is 7. The SMILES string of the molecule is Cn1c(=O)n(C2CCC(=O)NC2=O)c2cccc(C#CCN3CCN(CC4CCC(n5cc(NC(=O)c6cnn7ccc(N8C[C@H]9C[C@@H]8CO9)nc67)c(C(F)F)n5)CC4)[C@@H](C(F)(F)F)C3)c21. The van der Waals surface area contributed by atoms with E-state index in [9.17, 15) is 41.1 Å². The molecule has 1 saturated carbocycles. The van der Waals surface area contributed by atoms with Crippen LogP contribution >= 0.6 is 0 Å². The molecule has 5 aliphatic rings. The lowest BCUT2D eigenvalue weighted by Crippen LogP contribution is -2.59. The molecule has 3 amide bonds. The highest BCUT2D eigenvalue weighted by atomic mass is 19.4. The number of hydrogen-bond donors (Lipinski definition) is 2. The van der Waals surface area contributed by atoms with Crippen molar-refractivity contribution in [1.29, 1.82) is 0 Å². The average molecular weight is 919 g/mol. The van der Waals surface area contributed by atoms with Gasteiger partial charge in [0.25, 0.3) is 12.3 Å². The Balaban J connectivity index is 0.761. The van der Waals surface area contributed by atoms with Gasteiger partial charge in [-0.25, -0.2) is 23.1 Å². The van der Waals surface area contributed by atoms with Gasteiger partial charge >= 0.3 is 11.9 Å². The lowest BCUT2D eigenvalue weighted by Gasteiger charge is -2.43. The number of alkyl halides is 5. The second-order valence-electron chi connectivity index (χ2n) is 17.9. The minimum Gasteiger partial charge on any atom is -0.374 e. The Bertz CT molecular complexity index is 2830. The van der Waals surface area contributed by atoms with Gasteiger partial charge in [0.1, 0.15) is 23.5 Å². The highest BCUT2D eigenvalue weighted by Crippen LogP contribution is 2.38. The molecule has 4 saturated heterocycles. The van der Waals surface area contributed by atoms with Gasteiger partial charge in [-0.1, -0.05) is 17.9 Å². The zero-order chi connectivity index (χ0) is 46.0. The van der Waals surface area contributed by atoms with Crippen LogP contribution in [0.1, 0.15) is 85.1 Å². The molecule has 4 aliphatic heterocycles. The molecule has 17 nitrogen and oxygen atoms in total. The third-order valence-corrected chi connectivity index (χ3v) is 13.8. The predicted molar refractivity (Wildman–Crippen MR) is 228 cm³/mol. The first-order valence-corrected chi connectivity index (χ1v) is 22.2. The Kier molecular flexibility index (Phi) is 11.4. The Morgan fingerprint density at radius 3 is 2.59 bits per heavy atom. The number of imidazole rings is 1. The molecular weight excluding hydrogens is 872 g/mol. The van der Waals surface area contributed by atoms with E-state index in [0.717, 1.165) is 6.42 Å². The molecule has 10 rings (SSSR count). The minimum atomic E-state index is -4.50. The summed E-state index contributed by atoms with van der Waals surface area (Å²) < 4.78 is 83.9. The van der Waals surface area contributed by atoms with Crippen LogP contribution in [0.25, 0.3) is 16.7 Å². The van der Waals surface area contributed by atoms with Crippen LogP contribution in [0.2, 0.25) is 0 Å². The van der Waals surface area contributed by atoms with Crippen LogP contribution in [0.15, 0.2) is 47.7 Å². The molecule has 2 N–H and O–H groups in total. The Morgan fingerprint density at radius 1 is 1.05 bits per heavy atom. The van der Waals surface area contributed by atoms with Gasteiger partial charge in [0.05, 0.1) is 59.8 Å². The van der Waals surface area contributed by atoms with Crippen molar-refractivity contribution < 1.29 is 41.1 Å². The molecule has 8 heterocycles. The molecule has 348 valence electrons. The number of hydrogen-bond acceptors (Lipinski definition) is 11. The fourth-order valence-corrected chi connectivity index (χ4v) is 10.4. The van der Waals surface area contributed by atoms with E-state index in [1.165, 1.54) is 35.6 Å². The van der Waals surface area contributed by atoms with E-state index in [4.69, 9.17) is 9.72 Å². The van der Waals surface area contributed by atoms with Gasteiger partial charge < -0.3 is 15.0 Å². The molecule has 4 atom stereocenters. The smallest absolute Gasteiger partial charge is 0.374 e. The molecule has 0 spiro atoms. The van der Waals surface area contributed by atoms with E-state index in [-0.39, 0.29) is 80.0 Å². The average Bonchev–Trinajstić information content (AvgIpc) is 4.14. The lowest BCUT2D eigenvalue weighted by molar-refractivity contribution is -0.198. The number of piperidine rings is 1. The summed E-state index contributed by atoms with van der Waals surface area (Å²) in [5, 5.41) is 13.3. The highest BCUT2D eigenvalue weighted by Gasteiger charge is 2.47. The topological polar surface area (TPSA) is 169 Å². The summed E-state index contributed by atoms with van der Waals surface area (Å²) in [7, 11) is 1.56. The van der Waals surface area contributed by atoms with Crippen LogP contribution in [0, 0.1) is 17.8 Å². The van der Waals surface area contributed by atoms with Crippen LogP contribution in [0.4, 0.5) is 33.5 Å². The summed E-state index contributed by atoms with van der Waals surface area (Å²) in [6, 6.07) is 4.23. The van der Waals surface area contributed by atoms with Gasteiger partial charge in [0.15, 0.2) is 11.3 Å². The second kappa shape index (κ2) is 17.2. The van der Waals surface area contributed by atoms with Crippen molar-refractivity contribution in [3.63, 3.8) is 0 Å². The minimum absolute atomic E-state index is 0.0577. The summed E-state index contributed by atoms with van der Waals surface area (Å²) in [4.78, 5) is 61.2. The number of carbonyl (C=O) groups is 3. The third-order valence-electron chi connectivity index (χ3n) is 13.8. The van der Waals surface area contributed by atoms with E-state index >= 15 is 0 Å². The monoisotopic (exact) mass is 918 g/mol. The number of rotatable bonds is 9. The molecule has 66 heavy (non-hydrogen) atoms. The van der Waals surface area contributed by atoms with Crippen LogP contribution in [-0.2, 0) is 21.4 Å². The fourth-order valence-electron chi connectivity index (χ4n) is 10.4. The number of benzene rings is 1. The molecule has 4 aromatic heterocycles. The predicted octanol–water partition coefficient (Wildman–Crippen LogP) is 4.06. The molecule has 5 fully saturated rings. The van der Waals surface area contributed by atoms with Crippen LogP contribution in [0.3, 0.4) is 0 Å². The number of halogens is 5. The summed E-state index contributed by atoms with van der Waals surface area (Å²) in [5.74, 6) is 5.04. The number of para-hydroxylation sites is 1. The van der Waals surface area contributed by atoms with Crippen molar-refractivity contribution in [3.05, 3.63) is 70.2 Å². The second-order valence-corrected chi connectivity index (χ2v) is 17.9. The zero-order valence-electron chi connectivity index (χ0n) is 35.9. The Labute approximate surface area is 373 Å². The number of anilines is 2. The Hall–Kier alpha value is -6.18. The molecule has 22 heteroatoms. The number of piperazine rings is 1. The van der Waals surface area contributed by atoms with E-state index in [1.807, 2.05) is 6.07 Å². The summed E-state index contributed by atoms with van der Waals surface area (Å²) in [6.07, 6.45) is 0.408. The maximum Gasteiger partial charge on any atom is 0.405 e. The van der Waals surface area contributed by atoms with E-state index < -0.39 is 53.8 Å². The standard InChI is InChI=1S/C44H47F5N12O5/c1-55-38-26(4-2-6-32(38)61(43(55)65)33-11-12-36(62)53-42(33)64)5-3-14-56-16-17-57(34(23-56)44(47,48)49)20-25-7-9-27(10-8-25)60-22-31(37(54-60)39(45)46)51-41(63)30-19-50-59-15-13-35(52-40(30)59)58-21-29-18-28(58)24-66-29/h2,4,6,13,15,19,22,25,27-29,33-34,39H,7-12,14,16-18,20-21,23-24H2,1H3,(H,51,63)(H,53,62,64)/t25?,27?,28-,29-,33?,34-/m1/s1. The number of nitrogens with one attached hydrogen (secondary N) is 2. The van der Waals surface area contributed by atoms with Crippen molar-refractivity contribution in [1.82, 2.24) is 48.6 Å². The number of ether oxygens (including phenoxy) is 1. The molecule has 1 aromatic carbocycles. The van der Waals surface area contributed by atoms with Gasteiger partial charge in [-0.2, -0.15) is 23.4 Å². The molecule has 0 radical (unpaired) electrons. The van der Waals surface area contributed by atoms with Crippen molar-refractivity contribution in [3.8, 4) is 11.8 Å². The lowest BCUT2D eigenvalue weighted by atomic mass is 9.85. The molecule has 1 unspecified atom stereocenters.